The Kier molecular flexibility index (Phi) is 13.5. The Morgan fingerprint density at radius 2 is 1.75 bits per heavy atom. The molecule has 3 heteroatoms. The lowest BCUT2D eigenvalue weighted by Crippen LogP contribution is -2.14. The molecule has 0 rings (SSSR count). The molecule has 1 atom stereocenters. The molecule has 0 aliphatic rings. The fraction of sp³-hybridized carbons (Fsp3) is 1.00. The summed E-state index contributed by atoms with van der Waals surface area (Å²) in [6, 6.07) is 0. The highest BCUT2D eigenvalue weighted by molar-refractivity contribution is 4.40. The van der Waals surface area contributed by atoms with Crippen LogP contribution in [0.1, 0.15) is 13.8 Å². The van der Waals surface area contributed by atoms with Crippen LogP contribution in [0.5, 0.6) is 0 Å². The minimum atomic E-state index is -0.338. The lowest BCUT2D eigenvalue weighted by molar-refractivity contribution is 0.203. The third-order valence-electron chi connectivity index (χ3n) is 0.341. The summed E-state index contributed by atoms with van der Waals surface area (Å²) in [5.41, 5.74) is 4.92. The van der Waals surface area contributed by atoms with Crippen LogP contribution in [0.4, 0.5) is 0 Å². The number of hydrogen-bond donors (Lipinski definition) is 3. The second-order valence-electron chi connectivity index (χ2n) is 1.40. The van der Waals surface area contributed by atoms with Crippen molar-refractivity contribution >= 4 is 0 Å². The van der Waals surface area contributed by atoms with Crippen LogP contribution in [0.2, 0.25) is 0 Å². The zero-order chi connectivity index (χ0) is 6.99. The maximum atomic E-state index is 8.24. The van der Waals surface area contributed by atoms with Gasteiger partial charge in [-0.1, -0.05) is 0 Å². The first kappa shape index (κ1) is 10.8. The molecule has 0 bridgehead atoms. The molecule has 0 aliphatic carbocycles. The largest absolute Gasteiger partial charge is 0.397 e. The highest BCUT2D eigenvalue weighted by atomic mass is 16.3. The molecular weight excluding hydrogens is 106 g/mol. The molecular formula is C5H15NO2. The lowest BCUT2D eigenvalue weighted by Gasteiger charge is -1.91. The number of aliphatic hydroxyl groups excluding tert-OH is 2. The van der Waals surface area contributed by atoms with Crippen molar-refractivity contribution < 1.29 is 10.2 Å². The van der Waals surface area contributed by atoms with Gasteiger partial charge in [0.1, 0.15) is 0 Å². The molecule has 0 amide bonds. The van der Waals surface area contributed by atoms with Crippen LogP contribution in [-0.2, 0) is 0 Å². The van der Waals surface area contributed by atoms with E-state index in [0.717, 1.165) is 0 Å². The summed E-state index contributed by atoms with van der Waals surface area (Å²) in [5, 5.41) is 15.8. The third-order valence-corrected chi connectivity index (χ3v) is 0.341. The molecule has 1 unspecified atom stereocenters. The summed E-state index contributed by atoms with van der Waals surface area (Å²) in [5.74, 6) is 0. The molecule has 0 aromatic carbocycles. The SMILES string of the molecule is CC(O)CN.CCO. The fourth-order valence-electron chi connectivity index (χ4n) is 0. The second-order valence-corrected chi connectivity index (χ2v) is 1.40. The molecule has 0 fully saturated rings. The number of hydrogen-bond acceptors (Lipinski definition) is 3. The Hall–Kier alpha value is -0.120. The number of nitrogens with two attached hydrogens (primary N) is 1. The Balaban J connectivity index is 0. The van der Waals surface area contributed by atoms with Gasteiger partial charge in [-0.3, -0.25) is 0 Å². The van der Waals surface area contributed by atoms with E-state index in [1.54, 1.807) is 13.8 Å². The van der Waals surface area contributed by atoms with Gasteiger partial charge in [-0.25, -0.2) is 0 Å². The van der Waals surface area contributed by atoms with Crippen LogP contribution in [0.3, 0.4) is 0 Å². The van der Waals surface area contributed by atoms with Crippen molar-refractivity contribution in [1.82, 2.24) is 0 Å². The van der Waals surface area contributed by atoms with E-state index < -0.39 is 0 Å². The topological polar surface area (TPSA) is 66.5 Å². The first-order chi connectivity index (χ1) is 3.68. The Bertz CT molecular complexity index is 31.6. The zero-order valence-corrected chi connectivity index (χ0v) is 5.46. The van der Waals surface area contributed by atoms with Gasteiger partial charge in [-0.2, -0.15) is 0 Å². The molecule has 8 heavy (non-hydrogen) atoms. The van der Waals surface area contributed by atoms with E-state index >= 15 is 0 Å². The monoisotopic (exact) mass is 121 g/mol. The van der Waals surface area contributed by atoms with Gasteiger partial charge in [0.15, 0.2) is 0 Å². The summed E-state index contributed by atoms with van der Waals surface area (Å²) in [4.78, 5) is 0. The molecule has 0 aromatic heterocycles. The van der Waals surface area contributed by atoms with Gasteiger partial charge in [-0.15, -0.1) is 0 Å². The van der Waals surface area contributed by atoms with Crippen LogP contribution in [0.25, 0.3) is 0 Å². The van der Waals surface area contributed by atoms with Gasteiger partial charge < -0.3 is 15.9 Å². The Labute approximate surface area is 50.1 Å². The first-order valence-corrected chi connectivity index (χ1v) is 2.68. The molecule has 0 aromatic rings. The number of rotatable bonds is 1. The summed E-state index contributed by atoms with van der Waals surface area (Å²) >= 11 is 0. The molecule has 4 N–H and O–H groups in total. The predicted octanol–water partition coefficient (Wildman–Crippen LogP) is -0.676. The minimum absolute atomic E-state index is 0.250. The zero-order valence-electron chi connectivity index (χ0n) is 5.46. The predicted molar refractivity (Wildman–Crippen MR) is 33.5 cm³/mol. The molecule has 0 radical (unpaired) electrons. The maximum Gasteiger partial charge on any atom is 0.0634 e. The normalized spacial score (nSPS) is 11.6. The van der Waals surface area contributed by atoms with Crippen LogP contribution in [0, 0.1) is 0 Å². The van der Waals surface area contributed by atoms with Crippen molar-refractivity contribution in [2.24, 2.45) is 5.73 Å². The summed E-state index contributed by atoms with van der Waals surface area (Å²) in [7, 11) is 0. The summed E-state index contributed by atoms with van der Waals surface area (Å²) < 4.78 is 0. The van der Waals surface area contributed by atoms with Crippen molar-refractivity contribution in [3.8, 4) is 0 Å². The van der Waals surface area contributed by atoms with Crippen LogP contribution in [0.15, 0.2) is 0 Å². The standard InChI is InChI=1S/C3H9NO.C2H6O/c1-3(5)2-4;1-2-3/h3,5H,2,4H2,1H3;3H,2H2,1H3. The van der Waals surface area contributed by atoms with E-state index in [2.05, 4.69) is 0 Å². The lowest BCUT2D eigenvalue weighted by atomic mass is 10.4. The summed E-state index contributed by atoms with van der Waals surface area (Å²) in [6.07, 6.45) is -0.338. The van der Waals surface area contributed by atoms with Gasteiger partial charge >= 0.3 is 0 Å². The average Bonchev–Trinajstić information content (AvgIpc) is 1.69. The smallest absolute Gasteiger partial charge is 0.0634 e. The quantitative estimate of drug-likeness (QED) is 0.431. The van der Waals surface area contributed by atoms with Gasteiger partial charge in [0.25, 0.3) is 0 Å². The van der Waals surface area contributed by atoms with Crippen molar-refractivity contribution in [3.63, 3.8) is 0 Å². The molecule has 0 spiro atoms. The highest BCUT2D eigenvalue weighted by Gasteiger charge is 1.81. The maximum absolute atomic E-state index is 8.24. The third kappa shape index (κ3) is 39.6. The molecule has 0 saturated heterocycles. The van der Waals surface area contributed by atoms with E-state index in [1.165, 1.54) is 0 Å². The minimum Gasteiger partial charge on any atom is -0.397 e. The van der Waals surface area contributed by atoms with E-state index in [9.17, 15) is 0 Å². The van der Waals surface area contributed by atoms with E-state index in [0.29, 0.717) is 6.54 Å². The molecule has 0 saturated carbocycles. The Morgan fingerprint density at radius 1 is 1.62 bits per heavy atom. The molecule has 3 nitrogen and oxygen atoms in total. The van der Waals surface area contributed by atoms with Crippen LogP contribution < -0.4 is 5.73 Å². The van der Waals surface area contributed by atoms with E-state index in [-0.39, 0.29) is 12.7 Å². The van der Waals surface area contributed by atoms with Gasteiger partial charge in [0.05, 0.1) is 6.10 Å². The highest BCUT2D eigenvalue weighted by Crippen LogP contribution is 1.65. The Morgan fingerprint density at radius 3 is 1.75 bits per heavy atom. The molecule has 0 heterocycles. The van der Waals surface area contributed by atoms with E-state index in [1.807, 2.05) is 0 Å². The van der Waals surface area contributed by atoms with E-state index in [4.69, 9.17) is 15.9 Å². The molecule has 0 aliphatic heterocycles. The van der Waals surface area contributed by atoms with Gasteiger partial charge in [0.2, 0.25) is 0 Å². The van der Waals surface area contributed by atoms with Crippen LogP contribution in [-0.4, -0.2) is 29.5 Å². The second kappa shape index (κ2) is 9.99. The van der Waals surface area contributed by atoms with Crippen molar-refractivity contribution in [2.75, 3.05) is 13.2 Å². The number of aliphatic hydroxyl groups is 2. The van der Waals surface area contributed by atoms with Crippen molar-refractivity contribution in [3.05, 3.63) is 0 Å². The molecule has 52 valence electrons. The van der Waals surface area contributed by atoms with Gasteiger partial charge in [-0.05, 0) is 13.8 Å². The van der Waals surface area contributed by atoms with Crippen molar-refractivity contribution in [2.45, 2.75) is 20.0 Å². The van der Waals surface area contributed by atoms with Crippen molar-refractivity contribution in [1.29, 1.82) is 0 Å². The summed E-state index contributed by atoms with van der Waals surface area (Å²) in [6.45, 7) is 3.94. The first-order valence-electron chi connectivity index (χ1n) is 2.68. The fourth-order valence-corrected chi connectivity index (χ4v) is 0. The van der Waals surface area contributed by atoms with Gasteiger partial charge in [0, 0.05) is 13.2 Å². The average molecular weight is 121 g/mol. The van der Waals surface area contributed by atoms with Crippen LogP contribution >= 0.6 is 0 Å².